The second-order valence-corrected chi connectivity index (χ2v) is 5.22. The van der Waals surface area contributed by atoms with Crippen molar-refractivity contribution in [2.75, 3.05) is 0 Å². The highest BCUT2D eigenvalue weighted by atomic mass is 19.3. The summed E-state index contributed by atoms with van der Waals surface area (Å²) in [4.78, 5) is 0. The molecule has 2 rings (SSSR count). The summed E-state index contributed by atoms with van der Waals surface area (Å²) in [5.41, 5.74) is 8.82. The van der Waals surface area contributed by atoms with E-state index >= 15 is 0 Å². The van der Waals surface area contributed by atoms with Gasteiger partial charge in [-0.15, -0.1) is 0 Å². The van der Waals surface area contributed by atoms with E-state index in [4.69, 9.17) is 5.73 Å². The van der Waals surface area contributed by atoms with Gasteiger partial charge in [0.1, 0.15) is 5.75 Å². The number of benzene rings is 2. The topological polar surface area (TPSA) is 35.2 Å². The molecule has 0 aliphatic carbocycles. The molecule has 0 aliphatic heterocycles. The molecule has 21 heavy (non-hydrogen) atoms. The number of hydrogen-bond acceptors (Lipinski definition) is 2. The highest BCUT2D eigenvalue weighted by Gasteiger charge is 2.16. The van der Waals surface area contributed by atoms with Gasteiger partial charge in [-0.2, -0.15) is 8.78 Å². The highest BCUT2D eigenvalue weighted by Crippen LogP contribution is 2.30. The Balaban J connectivity index is 2.29. The summed E-state index contributed by atoms with van der Waals surface area (Å²) in [6.07, 6.45) is 0. The molecule has 112 valence electrons. The van der Waals surface area contributed by atoms with Crippen molar-refractivity contribution in [3.63, 3.8) is 0 Å². The van der Waals surface area contributed by atoms with Crippen LogP contribution in [0.2, 0.25) is 0 Å². The lowest BCUT2D eigenvalue weighted by Crippen LogP contribution is -2.14. The molecule has 0 bridgehead atoms. The molecule has 0 aliphatic rings. The number of hydrogen-bond donors (Lipinski definition) is 1. The van der Waals surface area contributed by atoms with Crippen LogP contribution < -0.4 is 10.5 Å². The molecule has 0 radical (unpaired) electrons. The van der Waals surface area contributed by atoms with Crippen molar-refractivity contribution in [3.05, 3.63) is 65.2 Å². The normalized spacial score (nSPS) is 12.7. The molecule has 0 fully saturated rings. The minimum atomic E-state index is -2.86. The molecule has 4 heteroatoms. The smallest absolute Gasteiger partial charge is 0.387 e. The Morgan fingerprint density at radius 3 is 2.05 bits per heavy atom. The minimum absolute atomic E-state index is 0.118. The van der Waals surface area contributed by atoms with Crippen molar-refractivity contribution in [1.29, 1.82) is 0 Å². The van der Waals surface area contributed by atoms with Crippen LogP contribution in [-0.2, 0) is 0 Å². The number of alkyl halides is 2. The van der Waals surface area contributed by atoms with Crippen LogP contribution in [0.3, 0.4) is 0 Å². The Kier molecular flexibility index (Phi) is 4.91. The minimum Gasteiger partial charge on any atom is -0.434 e. The highest BCUT2D eigenvalue weighted by molar-refractivity contribution is 5.42. The fourth-order valence-corrected chi connectivity index (χ4v) is 2.21. The van der Waals surface area contributed by atoms with Crippen molar-refractivity contribution < 1.29 is 13.5 Å². The standard InChI is InChI=1S/C17H19F2NO/c1-11(2)12-7-9-13(10-8-12)16(20)14-5-3-4-6-15(14)21-17(18)19/h3-11,16-17H,20H2,1-2H3. The first kappa shape index (κ1) is 15.4. The molecule has 1 atom stereocenters. The maximum Gasteiger partial charge on any atom is 0.387 e. The van der Waals surface area contributed by atoms with E-state index in [1.807, 2.05) is 24.3 Å². The van der Waals surface area contributed by atoms with E-state index < -0.39 is 12.7 Å². The van der Waals surface area contributed by atoms with Gasteiger partial charge < -0.3 is 10.5 Å². The van der Waals surface area contributed by atoms with Crippen LogP contribution in [0.1, 0.15) is 42.5 Å². The number of halogens is 2. The van der Waals surface area contributed by atoms with E-state index in [0.29, 0.717) is 11.5 Å². The van der Waals surface area contributed by atoms with Gasteiger partial charge in [-0.05, 0) is 23.1 Å². The van der Waals surface area contributed by atoms with Gasteiger partial charge in [0.25, 0.3) is 0 Å². The monoisotopic (exact) mass is 291 g/mol. The zero-order valence-electron chi connectivity index (χ0n) is 12.1. The van der Waals surface area contributed by atoms with Gasteiger partial charge in [0.05, 0.1) is 6.04 Å². The summed E-state index contributed by atoms with van der Waals surface area (Å²) in [6.45, 7) is 1.36. The first-order chi connectivity index (χ1) is 9.99. The summed E-state index contributed by atoms with van der Waals surface area (Å²) in [5.74, 6) is 0.553. The van der Waals surface area contributed by atoms with E-state index in [0.717, 1.165) is 5.56 Å². The van der Waals surface area contributed by atoms with Crippen LogP contribution in [0.5, 0.6) is 5.75 Å². The molecular weight excluding hydrogens is 272 g/mol. The fraction of sp³-hybridized carbons (Fsp3) is 0.294. The molecule has 0 aromatic heterocycles. The first-order valence-corrected chi connectivity index (χ1v) is 6.88. The molecule has 0 saturated heterocycles. The van der Waals surface area contributed by atoms with Crippen LogP contribution in [-0.4, -0.2) is 6.61 Å². The largest absolute Gasteiger partial charge is 0.434 e. The van der Waals surface area contributed by atoms with Crippen LogP contribution in [0, 0.1) is 0 Å². The van der Waals surface area contributed by atoms with Crippen LogP contribution in [0.4, 0.5) is 8.78 Å². The predicted octanol–water partition coefficient (Wildman–Crippen LogP) is 4.46. The maximum atomic E-state index is 12.4. The SMILES string of the molecule is CC(C)c1ccc(C(N)c2ccccc2OC(F)F)cc1. The number of para-hydroxylation sites is 1. The van der Waals surface area contributed by atoms with Gasteiger partial charge in [0, 0.05) is 5.56 Å². The third-order valence-electron chi connectivity index (χ3n) is 3.43. The predicted molar refractivity (Wildman–Crippen MR) is 79.6 cm³/mol. The lowest BCUT2D eigenvalue weighted by molar-refractivity contribution is -0.0505. The molecule has 2 aromatic carbocycles. The lowest BCUT2D eigenvalue weighted by Gasteiger charge is -2.17. The molecule has 0 amide bonds. The number of ether oxygens (including phenoxy) is 1. The average Bonchev–Trinajstić information content (AvgIpc) is 2.46. The molecule has 0 saturated carbocycles. The van der Waals surface area contributed by atoms with E-state index in [1.165, 1.54) is 11.6 Å². The first-order valence-electron chi connectivity index (χ1n) is 6.88. The van der Waals surface area contributed by atoms with Crippen molar-refractivity contribution >= 4 is 0 Å². The Bertz CT molecular complexity index is 582. The Morgan fingerprint density at radius 2 is 1.48 bits per heavy atom. The quantitative estimate of drug-likeness (QED) is 0.882. The summed E-state index contributed by atoms with van der Waals surface area (Å²) < 4.78 is 29.4. The number of rotatable bonds is 5. The molecule has 2 aromatic rings. The van der Waals surface area contributed by atoms with E-state index in [2.05, 4.69) is 18.6 Å². The molecule has 0 spiro atoms. The van der Waals surface area contributed by atoms with Crippen molar-refractivity contribution in [3.8, 4) is 5.75 Å². The second kappa shape index (κ2) is 6.68. The third-order valence-corrected chi connectivity index (χ3v) is 3.43. The maximum absolute atomic E-state index is 12.4. The van der Waals surface area contributed by atoms with E-state index in [1.54, 1.807) is 18.2 Å². The molecule has 2 N–H and O–H groups in total. The Morgan fingerprint density at radius 1 is 0.905 bits per heavy atom. The van der Waals surface area contributed by atoms with Gasteiger partial charge in [0.15, 0.2) is 0 Å². The van der Waals surface area contributed by atoms with Crippen molar-refractivity contribution in [2.45, 2.75) is 32.4 Å². The molecule has 1 unspecified atom stereocenters. The van der Waals surface area contributed by atoms with Gasteiger partial charge >= 0.3 is 6.61 Å². The van der Waals surface area contributed by atoms with Gasteiger partial charge in [-0.25, -0.2) is 0 Å². The van der Waals surface area contributed by atoms with Gasteiger partial charge in [-0.1, -0.05) is 56.3 Å². The molecule has 2 nitrogen and oxygen atoms in total. The lowest BCUT2D eigenvalue weighted by atomic mass is 9.95. The molecular formula is C17H19F2NO. The average molecular weight is 291 g/mol. The Hall–Kier alpha value is -1.94. The zero-order chi connectivity index (χ0) is 15.4. The second-order valence-electron chi connectivity index (χ2n) is 5.22. The van der Waals surface area contributed by atoms with Gasteiger partial charge in [0.2, 0.25) is 0 Å². The van der Waals surface area contributed by atoms with Crippen LogP contribution >= 0.6 is 0 Å². The summed E-state index contributed by atoms with van der Waals surface area (Å²) in [6, 6.07) is 14.0. The molecule has 0 heterocycles. The van der Waals surface area contributed by atoms with Crippen LogP contribution in [0.15, 0.2) is 48.5 Å². The summed E-state index contributed by atoms with van der Waals surface area (Å²) in [5, 5.41) is 0. The number of nitrogens with two attached hydrogens (primary N) is 1. The van der Waals surface area contributed by atoms with Crippen LogP contribution in [0.25, 0.3) is 0 Å². The van der Waals surface area contributed by atoms with E-state index in [9.17, 15) is 8.78 Å². The van der Waals surface area contributed by atoms with Gasteiger partial charge in [-0.3, -0.25) is 0 Å². The summed E-state index contributed by atoms with van der Waals surface area (Å²) >= 11 is 0. The third kappa shape index (κ3) is 3.79. The fourth-order valence-electron chi connectivity index (χ4n) is 2.21. The Labute approximate surface area is 123 Å². The van der Waals surface area contributed by atoms with Crippen molar-refractivity contribution in [1.82, 2.24) is 0 Å². The zero-order valence-corrected chi connectivity index (χ0v) is 12.1. The van der Waals surface area contributed by atoms with E-state index in [-0.39, 0.29) is 5.75 Å². The van der Waals surface area contributed by atoms with Crippen molar-refractivity contribution in [2.24, 2.45) is 5.73 Å². The summed E-state index contributed by atoms with van der Waals surface area (Å²) in [7, 11) is 0.